The number of allylic oxidation sites excluding steroid dienone is 5. The first-order valence-electron chi connectivity index (χ1n) is 14.1. The van der Waals surface area contributed by atoms with Gasteiger partial charge in [-0.15, -0.1) is 12.8 Å². The van der Waals surface area contributed by atoms with Gasteiger partial charge in [0.1, 0.15) is 6.61 Å². The highest BCUT2D eigenvalue weighted by atomic mass is 16.6. The summed E-state index contributed by atoms with van der Waals surface area (Å²) in [5.41, 5.74) is 5.74. The van der Waals surface area contributed by atoms with Crippen LogP contribution in [0, 0.1) is 12.8 Å². The Morgan fingerprint density at radius 1 is 0.886 bits per heavy atom. The van der Waals surface area contributed by atoms with E-state index in [0.29, 0.717) is 34.6 Å². The Kier molecular flexibility index (Phi) is 11.3. The lowest BCUT2D eigenvalue weighted by Gasteiger charge is -2.08. The largest absolute Gasteiger partial charge is 0.391 e. The predicted molar refractivity (Wildman–Crippen MR) is 174 cm³/mol. The Morgan fingerprint density at radius 2 is 1.57 bits per heavy atom. The fourth-order valence-corrected chi connectivity index (χ4v) is 4.25. The number of terminal acetylenes is 1. The second kappa shape index (κ2) is 16.0. The summed E-state index contributed by atoms with van der Waals surface area (Å²) < 4.78 is 11.2. The lowest BCUT2D eigenvalue weighted by Crippen LogP contribution is -2.02. The van der Waals surface area contributed by atoms with E-state index in [0.717, 1.165) is 40.8 Å². The van der Waals surface area contributed by atoms with Crippen LogP contribution < -0.4 is 0 Å². The van der Waals surface area contributed by atoms with E-state index in [1.54, 1.807) is 6.08 Å². The fraction of sp³-hybridized carbons (Fsp3) is 0.139. The standard InChI is InChI=1S/C34H31N5O3.C2H2/c1-4-7-15-25(6-3)33-36-32(39-41-33)28-20-24(23-40-37-30(14-5-2)26-16-10-8-11-17-26)21-29(22-28)34-35-31(38-42-34)27-18-12-9-13-19-27;1-2/h4,6-13,15-22H,3,5,14,23H2,1-2H3;1-2H/b7-4-,25-15+,37-30+;. The van der Waals surface area contributed by atoms with Crippen molar-refractivity contribution in [2.24, 2.45) is 5.16 Å². The number of oxime groups is 1. The highest BCUT2D eigenvalue weighted by molar-refractivity contribution is 6.00. The van der Waals surface area contributed by atoms with Gasteiger partial charge in [-0.1, -0.05) is 114 Å². The molecule has 8 heteroatoms. The first kappa shape index (κ1) is 31.1. The molecule has 2 heterocycles. The molecule has 0 fully saturated rings. The van der Waals surface area contributed by atoms with Crippen LogP contribution in [0.2, 0.25) is 0 Å². The molecule has 0 spiro atoms. The number of hydrogen-bond acceptors (Lipinski definition) is 8. The maximum Gasteiger partial charge on any atom is 0.258 e. The van der Waals surface area contributed by atoms with E-state index in [-0.39, 0.29) is 6.61 Å². The highest BCUT2D eigenvalue weighted by Crippen LogP contribution is 2.29. The average Bonchev–Trinajstić information content (AvgIpc) is 3.78. The third-order valence-corrected chi connectivity index (χ3v) is 6.32. The van der Waals surface area contributed by atoms with E-state index in [4.69, 9.17) is 13.9 Å². The SMILES string of the molecule is C#C.C=C/C(=C\C=C/C)c1nc(-c2cc(CO/N=C(\CCC)c3ccccc3)cc(-c3nc(-c4ccccc4)no3)c2)no1. The molecule has 0 aliphatic heterocycles. The molecule has 220 valence electrons. The van der Waals surface area contributed by atoms with Gasteiger partial charge in [0, 0.05) is 22.3 Å². The van der Waals surface area contributed by atoms with Gasteiger partial charge in [-0.25, -0.2) is 0 Å². The first-order valence-corrected chi connectivity index (χ1v) is 14.1. The van der Waals surface area contributed by atoms with Gasteiger partial charge in [0.05, 0.1) is 5.71 Å². The van der Waals surface area contributed by atoms with Crippen LogP contribution in [0.4, 0.5) is 0 Å². The zero-order chi connectivity index (χ0) is 31.1. The van der Waals surface area contributed by atoms with E-state index in [1.807, 2.05) is 104 Å². The average molecular weight is 584 g/mol. The summed E-state index contributed by atoms with van der Waals surface area (Å²) in [4.78, 5) is 15.1. The summed E-state index contributed by atoms with van der Waals surface area (Å²) in [7, 11) is 0. The Morgan fingerprint density at radius 3 is 2.27 bits per heavy atom. The number of benzene rings is 3. The molecule has 0 bridgehead atoms. The van der Waals surface area contributed by atoms with Crippen molar-refractivity contribution < 1.29 is 13.9 Å². The molecule has 5 aromatic rings. The topological polar surface area (TPSA) is 99.4 Å². The van der Waals surface area contributed by atoms with Gasteiger partial charge in [0.2, 0.25) is 11.6 Å². The highest BCUT2D eigenvalue weighted by Gasteiger charge is 2.17. The van der Waals surface area contributed by atoms with Gasteiger partial charge in [0.15, 0.2) is 0 Å². The number of nitrogens with zero attached hydrogens (tertiary/aromatic N) is 5. The molecule has 44 heavy (non-hydrogen) atoms. The summed E-state index contributed by atoms with van der Waals surface area (Å²) in [6.45, 7) is 8.13. The van der Waals surface area contributed by atoms with Crippen LogP contribution >= 0.6 is 0 Å². The van der Waals surface area contributed by atoms with Crippen molar-refractivity contribution in [2.45, 2.75) is 33.3 Å². The van der Waals surface area contributed by atoms with Crippen molar-refractivity contribution in [3.05, 3.63) is 127 Å². The lowest BCUT2D eigenvalue weighted by molar-refractivity contribution is 0.130. The summed E-state index contributed by atoms with van der Waals surface area (Å²) in [5.74, 6) is 1.63. The maximum absolute atomic E-state index is 5.88. The molecule has 0 saturated carbocycles. The van der Waals surface area contributed by atoms with Gasteiger partial charge in [-0.2, -0.15) is 9.97 Å². The molecular weight excluding hydrogens is 550 g/mol. The molecule has 5 rings (SSSR count). The minimum Gasteiger partial charge on any atom is -0.391 e. The van der Waals surface area contributed by atoms with Crippen LogP contribution in [0.3, 0.4) is 0 Å². The molecule has 0 saturated heterocycles. The molecule has 0 aliphatic carbocycles. The third-order valence-electron chi connectivity index (χ3n) is 6.32. The van der Waals surface area contributed by atoms with Gasteiger partial charge >= 0.3 is 0 Å². The van der Waals surface area contributed by atoms with E-state index in [2.05, 4.69) is 51.8 Å². The Bertz CT molecular complexity index is 1760. The number of rotatable bonds is 12. The Balaban J connectivity index is 0.00000216. The second-order valence-corrected chi connectivity index (χ2v) is 9.41. The van der Waals surface area contributed by atoms with Crippen LogP contribution in [0.15, 0.2) is 124 Å². The maximum atomic E-state index is 5.88. The molecule has 8 nitrogen and oxygen atoms in total. The van der Waals surface area contributed by atoms with Crippen LogP contribution in [-0.2, 0) is 11.4 Å². The van der Waals surface area contributed by atoms with Gasteiger partial charge in [0.25, 0.3) is 11.8 Å². The Hall–Kier alpha value is -5.81. The van der Waals surface area contributed by atoms with E-state index >= 15 is 0 Å². The minimum atomic E-state index is 0.213. The van der Waals surface area contributed by atoms with Crippen molar-refractivity contribution >= 4 is 11.3 Å². The molecule has 0 amide bonds. The van der Waals surface area contributed by atoms with Crippen LogP contribution in [0.1, 0.15) is 43.7 Å². The van der Waals surface area contributed by atoms with E-state index in [1.165, 1.54) is 0 Å². The van der Waals surface area contributed by atoms with Crippen LogP contribution in [-0.4, -0.2) is 26.0 Å². The minimum absolute atomic E-state index is 0.213. The molecular formula is C36H33N5O3. The van der Waals surface area contributed by atoms with Crippen molar-refractivity contribution in [3.63, 3.8) is 0 Å². The molecule has 0 aliphatic rings. The van der Waals surface area contributed by atoms with Gasteiger partial charge < -0.3 is 13.9 Å². The molecule has 0 N–H and O–H groups in total. The third kappa shape index (κ3) is 7.93. The zero-order valence-corrected chi connectivity index (χ0v) is 24.8. The Labute approximate surface area is 257 Å². The van der Waals surface area contributed by atoms with Crippen molar-refractivity contribution in [1.29, 1.82) is 0 Å². The number of hydrogen-bond donors (Lipinski definition) is 0. The second-order valence-electron chi connectivity index (χ2n) is 9.41. The van der Waals surface area contributed by atoms with Crippen molar-refractivity contribution in [3.8, 4) is 47.1 Å². The van der Waals surface area contributed by atoms with Crippen LogP contribution in [0.25, 0.3) is 39.8 Å². The summed E-state index contributed by atoms with van der Waals surface area (Å²) >= 11 is 0. The molecule has 0 radical (unpaired) electrons. The van der Waals surface area contributed by atoms with Crippen LogP contribution in [0.5, 0.6) is 0 Å². The van der Waals surface area contributed by atoms with E-state index in [9.17, 15) is 0 Å². The molecule has 2 aromatic heterocycles. The van der Waals surface area contributed by atoms with Crippen molar-refractivity contribution in [1.82, 2.24) is 20.3 Å². The molecule has 3 aromatic carbocycles. The zero-order valence-electron chi connectivity index (χ0n) is 24.8. The summed E-state index contributed by atoms with van der Waals surface area (Å²) in [6.07, 6.45) is 17.1. The van der Waals surface area contributed by atoms with E-state index < -0.39 is 0 Å². The monoisotopic (exact) mass is 583 g/mol. The summed E-state index contributed by atoms with van der Waals surface area (Å²) in [5, 5.41) is 12.9. The smallest absolute Gasteiger partial charge is 0.258 e. The van der Waals surface area contributed by atoms with Gasteiger partial charge in [-0.3, -0.25) is 0 Å². The molecule has 0 atom stereocenters. The fourth-order valence-electron chi connectivity index (χ4n) is 4.25. The quantitative estimate of drug-likeness (QED) is 0.0628. The number of aromatic nitrogens is 4. The lowest BCUT2D eigenvalue weighted by atomic mass is 10.1. The summed E-state index contributed by atoms with van der Waals surface area (Å²) in [6, 6.07) is 25.5. The van der Waals surface area contributed by atoms with Crippen molar-refractivity contribution in [2.75, 3.05) is 0 Å². The normalized spacial score (nSPS) is 11.6. The van der Waals surface area contributed by atoms with Gasteiger partial charge in [-0.05, 0) is 48.7 Å². The first-order chi connectivity index (χ1) is 21.7. The molecule has 0 unspecified atom stereocenters. The predicted octanol–water partition coefficient (Wildman–Crippen LogP) is 8.57.